The molecule has 0 unspecified atom stereocenters. The van der Waals surface area contributed by atoms with Crippen LogP contribution in [-0.4, -0.2) is 68.2 Å². The molecule has 0 fully saturated rings. The zero-order valence-electron chi connectivity index (χ0n) is 16.9. The Hall–Kier alpha value is 0.194. The number of rotatable bonds is 16. The minimum Gasteiger partial charge on any atom is -0.383 e. The van der Waals surface area contributed by atoms with Crippen molar-refractivity contribution in [3.8, 4) is 0 Å². The zero-order valence-corrected chi connectivity index (χ0v) is 18.9. The molecule has 0 aliphatic rings. The van der Waals surface area contributed by atoms with E-state index in [2.05, 4.69) is 18.4 Å². The van der Waals surface area contributed by atoms with Gasteiger partial charge in [-0.25, -0.2) is 0 Å². The van der Waals surface area contributed by atoms with Crippen molar-refractivity contribution in [1.29, 1.82) is 0 Å². The normalized spacial score (nSPS) is 13.0. The quantitative estimate of drug-likeness (QED) is 0.382. The smallest absolute Gasteiger partial charge is 0.383 e. The molecule has 0 atom stereocenters. The van der Waals surface area contributed by atoms with Crippen LogP contribution in [0.2, 0.25) is 12.1 Å². The molecule has 0 heterocycles. The molecule has 24 heavy (non-hydrogen) atoms. The van der Waals surface area contributed by atoms with Crippen LogP contribution in [0.1, 0.15) is 48.5 Å². The summed E-state index contributed by atoms with van der Waals surface area (Å²) in [6.45, 7) is 19.2. The topological polar surface area (TPSA) is 49.4 Å². The first kappa shape index (κ1) is 24.2. The Morgan fingerprint density at radius 1 is 0.542 bits per heavy atom. The summed E-state index contributed by atoms with van der Waals surface area (Å²) in [5.41, 5.74) is 0. The maximum absolute atomic E-state index is 6.24. The first-order valence-corrected chi connectivity index (χ1v) is 13.4. The summed E-state index contributed by atoms with van der Waals surface area (Å²) in [5, 5.41) is 0. The van der Waals surface area contributed by atoms with E-state index in [1.165, 1.54) is 0 Å². The third kappa shape index (κ3) is 7.21. The molecule has 8 heteroatoms. The summed E-state index contributed by atoms with van der Waals surface area (Å²) < 4.78 is 32.8. The van der Waals surface area contributed by atoms with Crippen molar-refractivity contribution in [3.05, 3.63) is 0 Å². The fraction of sp³-hybridized carbons (Fsp3) is 1.00. The van der Waals surface area contributed by atoms with E-state index in [1.54, 1.807) is 0 Å². The number of hydrogen-bond donors (Lipinski definition) is 0. The second-order valence-electron chi connectivity index (χ2n) is 5.23. The molecule has 0 spiro atoms. The zero-order chi connectivity index (χ0) is 18.5. The van der Waals surface area contributed by atoms with Gasteiger partial charge in [-0.05, 0) is 47.7 Å². The van der Waals surface area contributed by atoms with Crippen molar-refractivity contribution in [2.45, 2.75) is 60.6 Å². The Labute approximate surface area is 151 Å². The van der Waals surface area contributed by atoms with Crippen LogP contribution in [0, 0.1) is 0 Å². The molecule has 0 aromatic heterocycles. The van der Waals surface area contributed by atoms with Crippen LogP contribution < -0.4 is 0 Å². The molecule has 0 saturated carbocycles. The summed E-state index contributed by atoms with van der Waals surface area (Å²) in [6, 6.07) is 1.52. The molecule has 0 saturated heterocycles. The van der Waals surface area contributed by atoms with Gasteiger partial charge in [0.25, 0.3) is 0 Å². The largest absolute Gasteiger partial charge is 0.500 e. The maximum atomic E-state index is 6.24. The molecule has 0 amide bonds. The van der Waals surface area contributed by atoms with Gasteiger partial charge in [0.1, 0.15) is 0 Å². The standard InChI is InChI=1S/C16H39NO5Si2/c1-8-17(9-2)23(18-10-3,19-11-4)15-16-24(20-12-5,21-13-6)22-14-7/h8-16H2,1-7H3. The monoisotopic (exact) mass is 381 g/mol. The first-order valence-electron chi connectivity index (χ1n) is 9.48. The second kappa shape index (κ2) is 13.4. The molecule has 0 bridgehead atoms. The van der Waals surface area contributed by atoms with Crippen LogP contribution in [0.5, 0.6) is 0 Å². The van der Waals surface area contributed by atoms with Crippen molar-refractivity contribution in [3.63, 3.8) is 0 Å². The van der Waals surface area contributed by atoms with Crippen molar-refractivity contribution < 1.29 is 22.1 Å². The van der Waals surface area contributed by atoms with Crippen molar-refractivity contribution in [2.75, 3.05) is 46.1 Å². The molecule has 0 rings (SSSR count). The average molecular weight is 382 g/mol. The summed E-state index contributed by atoms with van der Waals surface area (Å²) in [4.78, 5) is 0. The van der Waals surface area contributed by atoms with Gasteiger partial charge in [-0.2, -0.15) is 0 Å². The second-order valence-corrected chi connectivity index (χ2v) is 11.1. The SMILES string of the molecule is CCO[Si](CC[Si](OCC)(OCC)N(CC)CC)(OCC)OCC. The van der Waals surface area contributed by atoms with E-state index in [0.717, 1.165) is 25.2 Å². The van der Waals surface area contributed by atoms with Gasteiger partial charge in [-0.3, -0.25) is 4.57 Å². The van der Waals surface area contributed by atoms with Gasteiger partial charge in [0.05, 0.1) is 0 Å². The van der Waals surface area contributed by atoms with Crippen molar-refractivity contribution in [2.24, 2.45) is 0 Å². The van der Waals surface area contributed by atoms with E-state index in [9.17, 15) is 0 Å². The van der Waals surface area contributed by atoms with Crippen LogP contribution in [0.4, 0.5) is 0 Å². The third-order valence-electron chi connectivity index (χ3n) is 3.82. The van der Waals surface area contributed by atoms with Gasteiger partial charge in [0, 0.05) is 45.1 Å². The molecule has 0 radical (unpaired) electrons. The lowest BCUT2D eigenvalue weighted by atomic mass is 10.7. The van der Waals surface area contributed by atoms with Gasteiger partial charge in [0.2, 0.25) is 0 Å². The Morgan fingerprint density at radius 3 is 1.21 bits per heavy atom. The average Bonchev–Trinajstić information content (AvgIpc) is 2.55. The van der Waals surface area contributed by atoms with Gasteiger partial charge in [0.15, 0.2) is 0 Å². The van der Waals surface area contributed by atoms with E-state index in [1.807, 2.05) is 34.6 Å². The van der Waals surface area contributed by atoms with E-state index in [-0.39, 0.29) is 0 Å². The third-order valence-corrected chi connectivity index (χ3v) is 11.3. The van der Waals surface area contributed by atoms with E-state index >= 15 is 0 Å². The van der Waals surface area contributed by atoms with Crippen LogP contribution in [0.3, 0.4) is 0 Å². The predicted molar refractivity (Wildman–Crippen MR) is 102 cm³/mol. The minimum absolute atomic E-state index is 0.593. The molecular weight excluding hydrogens is 342 g/mol. The van der Waals surface area contributed by atoms with Crippen molar-refractivity contribution in [1.82, 2.24) is 4.57 Å². The lowest BCUT2D eigenvalue weighted by molar-refractivity contribution is 0.0692. The van der Waals surface area contributed by atoms with Gasteiger partial charge in [-0.15, -0.1) is 0 Å². The molecule has 0 aromatic carbocycles. The maximum Gasteiger partial charge on any atom is 0.500 e. The highest BCUT2D eigenvalue weighted by Crippen LogP contribution is 2.27. The van der Waals surface area contributed by atoms with Crippen LogP contribution in [0.15, 0.2) is 0 Å². The summed E-state index contributed by atoms with van der Waals surface area (Å²) in [5.74, 6) is 0. The summed E-state index contributed by atoms with van der Waals surface area (Å²) in [7, 11) is -5.18. The number of nitrogens with zero attached hydrogens (tertiary/aromatic N) is 1. The van der Waals surface area contributed by atoms with E-state index < -0.39 is 17.5 Å². The molecule has 0 aromatic rings. The minimum atomic E-state index is -2.69. The molecule has 146 valence electrons. The van der Waals surface area contributed by atoms with Crippen LogP contribution >= 0.6 is 0 Å². The molecule has 0 aliphatic carbocycles. The molecule has 6 nitrogen and oxygen atoms in total. The van der Waals surface area contributed by atoms with Crippen LogP contribution in [0.25, 0.3) is 0 Å². The molecular formula is C16H39NO5Si2. The van der Waals surface area contributed by atoms with Gasteiger partial charge in [-0.1, -0.05) is 13.8 Å². The number of hydrogen-bond acceptors (Lipinski definition) is 6. The fourth-order valence-corrected chi connectivity index (χ4v) is 10.4. The Kier molecular flexibility index (Phi) is 13.5. The predicted octanol–water partition coefficient (Wildman–Crippen LogP) is 3.39. The highest BCUT2D eigenvalue weighted by Gasteiger charge is 2.49. The highest BCUT2D eigenvalue weighted by atomic mass is 28.4. The highest BCUT2D eigenvalue weighted by molar-refractivity contribution is 6.68. The molecule has 0 N–H and O–H groups in total. The van der Waals surface area contributed by atoms with Crippen molar-refractivity contribution >= 4 is 17.5 Å². The van der Waals surface area contributed by atoms with Crippen LogP contribution in [-0.2, 0) is 22.1 Å². The summed E-state index contributed by atoms with van der Waals surface area (Å²) >= 11 is 0. The Bertz CT molecular complexity index is 283. The molecule has 0 aliphatic heterocycles. The fourth-order valence-electron chi connectivity index (χ4n) is 3.00. The Balaban J connectivity index is 5.40. The lowest BCUT2D eigenvalue weighted by Crippen LogP contribution is -2.60. The van der Waals surface area contributed by atoms with Gasteiger partial charge < -0.3 is 22.1 Å². The van der Waals surface area contributed by atoms with Gasteiger partial charge >= 0.3 is 17.5 Å². The van der Waals surface area contributed by atoms with E-state index in [0.29, 0.717) is 33.0 Å². The Morgan fingerprint density at radius 2 is 0.917 bits per heavy atom. The lowest BCUT2D eigenvalue weighted by Gasteiger charge is -2.40. The summed E-state index contributed by atoms with van der Waals surface area (Å²) in [6.07, 6.45) is 0. The first-order chi connectivity index (χ1) is 11.5. The van der Waals surface area contributed by atoms with E-state index in [4.69, 9.17) is 22.1 Å².